The van der Waals surface area contributed by atoms with E-state index in [1.807, 2.05) is 6.07 Å². The highest BCUT2D eigenvalue weighted by atomic mass is 28.3. The Morgan fingerprint density at radius 2 is 0.810 bits per heavy atom. The molecule has 0 aliphatic carbocycles. The molecule has 272 valence electrons. The van der Waals surface area contributed by atoms with Crippen molar-refractivity contribution in [2.24, 2.45) is 0 Å². The smallest absolute Gasteiger partial charge is 0.179 e. The summed E-state index contributed by atoms with van der Waals surface area (Å²) in [6.07, 6.45) is 0. The lowest BCUT2D eigenvalue weighted by atomic mass is 10.1. The lowest BCUT2D eigenvalue weighted by molar-refractivity contribution is 0.673. The first-order valence-electron chi connectivity index (χ1n) is 19.9. The van der Waals surface area contributed by atoms with E-state index in [0.29, 0.717) is 0 Å². The molecule has 0 bridgehead atoms. The fourth-order valence-corrected chi connectivity index (χ4v) is 14.6. The Hall–Kier alpha value is -7.40. The molecule has 9 aromatic carbocycles. The Balaban J connectivity index is 1.10. The van der Waals surface area contributed by atoms with Crippen LogP contribution in [0.2, 0.25) is 0 Å². The molecular weight excluding hydrogens is 721 g/mol. The molecule has 0 amide bonds. The molecule has 0 unspecified atom stereocenters. The van der Waals surface area contributed by atoms with Gasteiger partial charge in [-0.15, -0.1) is 0 Å². The standard InChI is InChI=1S/C54H36N2OSi/c1-4-18-39(19-5-1)58(40-20-6-2-7-21-40,41-22-8-3-9-23-41)42-24-16-17-37(35-42)55-48-28-13-10-25-43(48)47-36-38(31-33-50(47)55)56-49-29-14-11-27-46(49)53-51(56)34-32-45-44-26-12-15-30-52(44)57-54(45)53/h1-36H. The van der Waals surface area contributed by atoms with E-state index in [2.05, 4.69) is 221 Å². The average Bonchev–Trinajstić information content (AvgIpc) is 3.95. The second-order valence-corrected chi connectivity index (χ2v) is 19.0. The van der Waals surface area contributed by atoms with E-state index in [1.54, 1.807) is 0 Å². The van der Waals surface area contributed by atoms with Crippen molar-refractivity contribution < 1.29 is 4.42 Å². The predicted molar refractivity (Wildman–Crippen MR) is 246 cm³/mol. The van der Waals surface area contributed by atoms with Gasteiger partial charge in [-0.3, -0.25) is 0 Å². The van der Waals surface area contributed by atoms with Crippen molar-refractivity contribution in [3.05, 3.63) is 218 Å². The number of aromatic nitrogens is 2. The van der Waals surface area contributed by atoms with Gasteiger partial charge in [0.2, 0.25) is 0 Å². The van der Waals surface area contributed by atoms with Crippen LogP contribution in [-0.4, -0.2) is 17.2 Å². The van der Waals surface area contributed by atoms with Crippen LogP contribution in [0.15, 0.2) is 223 Å². The molecule has 0 aliphatic rings. The van der Waals surface area contributed by atoms with E-state index in [9.17, 15) is 0 Å². The van der Waals surface area contributed by atoms with Gasteiger partial charge in [0.25, 0.3) is 0 Å². The summed E-state index contributed by atoms with van der Waals surface area (Å²) >= 11 is 0. The zero-order valence-electron chi connectivity index (χ0n) is 31.6. The van der Waals surface area contributed by atoms with E-state index >= 15 is 0 Å². The van der Waals surface area contributed by atoms with Gasteiger partial charge in [-0.2, -0.15) is 0 Å². The fourth-order valence-electron chi connectivity index (χ4n) is 9.83. The second-order valence-electron chi connectivity index (χ2n) is 15.2. The molecule has 0 atom stereocenters. The lowest BCUT2D eigenvalue weighted by Gasteiger charge is -2.34. The first-order chi connectivity index (χ1) is 28.8. The molecule has 0 N–H and O–H groups in total. The topological polar surface area (TPSA) is 23.0 Å². The lowest BCUT2D eigenvalue weighted by Crippen LogP contribution is -2.74. The van der Waals surface area contributed by atoms with Crippen LogP contribution < -0.4 is 20.7 Å². The normalized spacial score (nSPS) is 12.1. The van der Waals surface area contributed by atoms with E-state index in [1.165, 1.54) is 47.9 Å². The molecular formula is C54H36N2OSi. The molecule has 0 aliphatic heterocycles. The number of rotatable bonds is 6. The molecule has 0 fully saturated rings. The van der Waals surface area contributed by atoms with Crippen LogP contribution in [-0.2, 0) is 0 Å². The number of benzene rings is 9. The minimum absolute atomic E-state index is 0.913. The van der Waals surface area contributed by atoms with Crippen molar-refractivity contribution in [1.82, 2.24) is 9.13 Å². The van der Waals surface area contributed by atoms with E-state index in [-0.39, 0.29) is 0 Å². The quantitative estimate of drug-likeness (QED) is 0.122. The SMILES string of the molecule is c1ccc([Si](c2ccccc2)(c2ccccc2)c2cccc(-n3c4ccccc4c4cc(-n5c6ccccc6c6c7oc8ccccc8c7ccc65)ccc43)c2)cc1. The average molecular weight is 757 g/mol. The number of nitrogens with zero attached hydrogens (tertiary/aromatic N) is 2. The van der Waals surface area contributed by atoms with Crippen LogP contribution in [0, 0.1) is 0 Å². The summed E-state index contributed by atoms with van der Waals surface area (Å²) in [6.45, 7) is 0. The van der Waals surface area contributed by atoms with Gasteiger partial charge >= 0.3 is 0 Å². The van der Waals surface area contributed by atoms with Gasteiger partial charge in [-0.1, -0.05) is 158 Å². The van der Waals surface area contributed by atoms with Crippen molar-refractivity contribution in [2.75, 3.05) is 0 Å². The van der Waals surface area contributed by atoms with Crippen molar-refractivity contribution in [3.63, 3.8) is 0 Å². The van der Waals surface area contributed by atoms with Gasteiger partial charge in [0.05, 0.1) is 27.5 Å². The molecule has 0 spiro atoms. The number of fused-ring (bicyclic) bond motifs is 10. The van der Waals surface area contributed by atoms with E-state index in [0.717, 1.165) is 49.7 Å². The van der Waals surface area contributed by atoms with Crippen LogP contribution in [0.1, 0.15) is 0 Å². The minimum atomic E-state index is -2.73. The van der Waals surface area contributed by atoms with Crippen molar-refractivity contribution >= 4 is 94.4 Å². The van der Waals surface area contributed by atoms with Gasteiger partial charge in [-0.25, -0.2) is 0 Å². The molecule has 0 saturated carbocycles. The van der Waals surface area contributed by atoms with Crippen LogP contribution in [0.5, 0.6) is 0 Å². The minimum Gasteiger partial charge on any atom is -0.455 e. The van der Waals surface area contributed by atoms with Gasteiger partial charge in [0, 0.05) is 38.3 Å². The second kappa shape index (κ2) is 12.8. The number of hydrogen-bond donors (Lipinski definition) is 0. The molecule has 0 saturated heterocycles. The first kappa shape index (κ1) is 32.8. The Bertz CT molecular complexity index is 3410. The van der Waals surface area contributed by atoms with Gasteiger partial charge < -0.3 is 13.6 Å². The molecule has 3 nitrogen and oxygen atoms in total. The summed E-state index contributed by atoms with van der Waals surface area (Å²) in [5.41, 5.74) is 8.77. The fraction of sp³-hybridized carbons (Fsp3) is 0. The summed E-state index contributed by atoms with van der Waals surface area (Å²) in [4.78, 5) is 0. The van der Waals surface area contributed by atoms with E-state index in [4.69, 9.17) is 4.42 Å². The molecule has 12 aromatic rings. The maximum Gasteiger partial charge on any atom is 0.179 e. The summed E-state index contributed by atoms with van der Waals surface area (Å²) in [5.74, 6) is 0. The van der Waals surface area contributed by atoms with E-state index < -0.39 is 8.07 Å². The monoisotopic (exact) mass is 756 g/mol. The van der Waals surface area contributed by atoms with Crippen LogP contribution >= 0.6 is 0 Å². The van der Waals surface area contributed by atoms with Crippen LogP contribution in [0.4, 0.5) is 0 Å². The highest BCUT2D eigenvalue weighted by molar-refractivity contribution is 7.19. The van der Waals surface area contributed by atoms with Crippen molar-refractivity contribution in [1.29, 1.82) is 0 Å². The number of para-hydroxylation sites is 3. The third kappa shape index (κ3) is 4.67. The highest BCUT2D eigenvalue weighted by Crippen LogP contribution is 2.41. The van der Waals surface area contributed by atoms with Gasteiger partial charge in [0.1, 0.15) is 11.2 Å². The Kier molecular flexibility index (Phi) is 7.25. The van der Waals surface area contributed by atoms with Crippen molar-refractivity contribution in [3.8, 4) is 11.4 Å². The number of furan rings is 1. The third-order valence-electron chi connectivity index (χ3n) is 12.3. The molecule has 58 heavy (non-hydrogen) atoms. The van der Waals surface area contributed by atoms with Gasteiger partial charge in [0.15, 0.2) is 8.07 Å². The Labute approximate surface area is 336 Å². The zero-order chi connectivity index (χ0) is 38.2. The summed E-state index contributed by atoms with van der Waals surface area (Å²) in [7, 11) is -2.73. The zero-order valence-corrected chi connectivity index (χ0v) is 32.6. The van der Waals surface area contributed by atoms with Crippen molar-refractivity contribution in [2.45, 2.75) is 0 Å². The highest BCUT2D eigenvalue weighted by Gasteiger charge is 2.41. The first-order valence-corrected chi connectivity index (χ1v) is 21.9. The molecule has 0 radical (unpaired) electrons. The Morgan fingerprint density at radius 3 is 1.50 bits per heavy atom. The summed E-state index contributed by atoms with van der Waals surface area (Å²) in [6, 6.07) is 80.2. The maximum absolute atomic E-state index is 6.61. The molecule has 3 heterocycles. The maximum atomic E-state index is 6.61. The Morgan fingerprint density at radius 1 is 0.310 bits per heavy atom. The van der Waals surface area contributed by atoms with Crippen LogP contribution in [0.25, 0.3) is 76.9 Å². The third-order valence-corrected chi connectivity index (χ3v) is 17.0. The predicted octanol–water partition coefficient (Wildman–Crippen LogP) is 11.2. The molecule has 4 heteroatoms. The van der Waals surface area contributed by atoms with Crippen LogP contribution in [0.3, 0.4) is 0 Å². The summed E-state index contributed by atoms with van der Waals surface area (Å²) < 4.78 is 11.5. The molecule has 12 rings (SSSR count). The molecule has 3 aromatic heterocycles. The number of hydrogen-bond acceptors (Lipinski definition) is 1. The van der Waals surface area contributed by atoms with Gasteiger partial charge in [-0.05, 0) is 81.4 Å². The largest absolute Gasteiger partial charge is 0.455 e. The summed E-state index contributed by atoms with van der Waals surface area (Å²) in [5, 5.41) is 12.5.